The average molecular weight is 1910 g/mol. The van der Waals surface area contributed by atoms with Crippen LogP contribution in [0.3, 0.4) is 0 Å². The molecule has 1 aliphatic heterocycles. The summed E-state index contributed by atoms with van der Waals surface area (Å²) in [7, 11) is 0. The second-order valence-electron chi connectivity index (χ2n) is 39.2. The molecule has 26 aromatic carbocycles. The second-order valence-corrected chi connectivity index (χ2v) is 39.2. The van der Waals surface area contributed by atoms with Crippen molar-refractivity contribution in [3.63, 3.8) is 0 Å². The topological polar surface area (TPSA) is 58.9 Å². The van der Waals surface area contributed by atoms with Gasteiger partial charge in [0.2, 0.25) is 0 Å². The third-order valence-electron chi connectivity index (χ3n) is 30.4. The maximum absolute atomic E-state index is 5.25. The van der Waals surface area contributed by atoms with Crippen molar-refractivity contribution in [3.05, 3.63) is 564 Å². The van der Waals surface area contributed by atoms with E-state index in [0.29, 0.717) is 0 Å². The van der Waals surface area contributed by atoms with Crippen molar-refractivity contribution in [2.45, 2.75) is 6.17 Å². The fourth-order valence-electron chi connectivity index (χ4n) is 23.4. The molecule has 0 bridgehead atoms. The molecular formula is C144H94N6. The minimum atomic E-state index is 0.0189. The van der Waals surface area contributed by atoms with Gasteiger partial charge in [-0.1, -0.05) is 431 Å². The highest BCUT2D eigenvalue weighted by Crippen LogP contribution is 2.53. The van der Waals surface area contributed by atoms with Crippen LogP contribution in [0, 0.1) is 0 Å². The summed E-state index contributed by atoms with van der Waals surface area (Å²) in [6.07, 6.45) is 3.92. The SMILES string of the molecule is c1ccc(-c2c3ccccc3c(-c3ccc4ccccc4c3)c3ccc(-c4ccc(N5c6ccccc6NC5c5ccccc5)cc4)cc23)cc1.c1ccc(-n2c(-c3ccc4c(-c5ccc6ccccc6c5)c5ccccc5c(-c5ccc6ccccc6c5)c4c3)nc3ccccc32)cc1.c1ccc2cc(-c3c4ccccc4c(-c4ccc5ccccc5c4)c4cc(-c5ccc(-c6cnc7ccccc7c6)nc5)ccc34)ccc2c1. The number of aromatic nitrogens is 4. The largest absolute Gasteiger partial charge is 0.359 e. The zero-order valence-corrected chi connectivity index (χ0v) is 81.9. The average Bonchev–Trinajstić information content (AvgIpc) is 0.925. The van der Waals surface area contributed by atoms with Crippen LogP contribution in [-0.2, 0) is 0 Å². The minimum absolute atomic E-state index is 0.0189. The van der Waals surface area contributed by atoms with Crippen molar-refractivity contribution in [1.29, 1.82) is 0 Å². The van der Waals surface area contributed by atoms with E-state index < -0.39 is 0 Å². The van der Waals surface area contributed by atoms with Crippen LogP contribution in [0.1, 0.15) is 11.7 Å². The van der Waals surface area contributed by atoms with E-state index in [-0.39, 0.29) is 6.17 Å². The predicted molar refractivity (Wildman–Crippen MR) is 635 cm³/mol. The molecule has 6 nitrogen and oxygen atoms in total. The fraction of sp³-hybridized carbons (Fsp3) is 0.00694. The second kappa shape index (κ2) is 37.4. The number of hydrogen-bond donors (Lipinski definition) is 1. The smallest absolute Gasteiger partial charge is 0.145 e. The van der Waals surface area contributed by atoms with Gasteiger partial charge in [-0.25, -0.2) is 4.98 Å². The Balaban J connectivity index is 0.000000108. The number of benzene rings is 26. The molecule has 6 heteroatoms. The summed E-state index contributed by atoms with van der Waals surface area (Å²) in [5.74, 6) is 0.930. The van der Waals surface area contributed by atoms with Gasteiger partial charge in [-0.2, -0.15) is 0 Å². The van der Waals surface area contributed by atoms with Crippen LogP contribution in [0.15, 0.2) is 558 Å². The van der Waals surface area contributed by atoms with Gasteiger partial charge in [-0.15, -0.1) is 0 Å². The molecule has 0 aliphatic carbocycles. The van der Waals surface area contributed by atoms with Crippen LogP contribution in [-0.4, -0.2) is 19.5 Å². The molecule has 1 atom stereocenters. The number of para-hydroxylation sites is 6. The van der Waals surface area contributed by atoms with Crippen molar-refractivity contribution in [2.24, 2.45) is 0 Å². The molecule has 150 heavy (non-hydrogen) atoms. The summed E-state index contributed by atoms with van der Waals surface area (Å²) < 4.78 is 2.29. The van der Waals surface area contributed by atoms with Crippen LogP contribution in [0.4, 0.5) is 17.1 Å². The maximum Gasteiger partial charge on any atom is 0.145 e. The van der Waals surface area contributed by atoms with E-state index >= 15 is 0 Å². The first kappa shape index (κ1) is 88.0. The van der Waals surface area contributed by atoms with E-state index in [1.54, 1.807) is 0 Å². The summed E-state index contributed by atoms with van der Waals surface area (Å²) in [6, 6.07) is 198. The summed E-state index contributed by atoms with van der Waals surface area (Å²) in [4.78, 5) is 17.3. The third kappa shape index (κ3) is 15.8. The van der Waals surface area contributed by atoms with Gasteiger partial charge in [-0.05, 0) is 323 Å². The Morgan fingerprint density at radius 1 is 0.187 bits per heavy atom. The van der Waals surface area contributed by atoms with Crippen molar-refractivity contribution in [1.82, 2.24) is 19.5 Å². The Morgan fingerprint density at radius 2 is 0.513 bits per heavy atom. The fourth-order valence-corrected chi connectivity index (χ4v) is 23.4. The lowest BCUT2D eigenvalue weighted by Gasteiger charge is -2.27. The van der Waals surface area contributed by atoms with E-state index in [1.807, 2.05) is 30.6 Å². The normalized spacial score (nSPS) is 12.4. The summed E-state index contributed by atoms with van der Waals surface area (Å²) in [6.45, 7) is 0. The zero-order valence-electron chi connectivity index (χ0n) is 81.9. The Labute approximate surface area is 868 Å². The molecule has 0 amide bonds. The number of nitrogens with zero attached hydrogens (tertiary/aromatic N) is 5. The van der Waals surface area contributed by atoms with Gasteiger partial charge in [0, 0.05) is 45.8 Å². The standard InChI is InChI=1S/C49H34N2.C48H30N2.C47H30N2/c1-3-14-35(15-4-1)47-41-19-9-10-20-42(41)48(39-24-23-33-13-7-8-18-37(33)31-39)43-30-27-38(32-44(43)47)34-25-28-40(29-26-34)51-46-22-12-11-21-45(46)50-49(51)36-16-5-2-6-17-36;1-3-11-33-25-37(19-17-31(33)9-1)47-41-14-6-7-15-42(41)48(38-20-18-32-10-2-4-12-34(32)26-38)44-28-35(21-23-43(44)47)39-22-24-46(49-29-39)40-27-36-13-5-8-16-45(36)50-30-40;1-2-16-38(17-3-1)49-44-21-11-10-20-43(44)48-47(49)37-26-27-41-42(30-37)46(36-25-23-32-13-5-7-15-34(32)29-36)40-19-9-8-18-39(40)45(41)35-24-22-31-12-4-6-14-33(31)28-35/h1-32,49-50H;1-30H;1-30H. The minimum Gasteiger partial charge on any atom is -0.359 e. The van der Waals surface area contributed by atoms with Crippen LogP contribution in [0.2, 0.25) is 0 Å². The van der Waals surface area contributed by atoms with Crippen LogP contribution < -0.4 is 10.2 Å². The molecule has 1 aliphatic rings. The van der Waals surface area contributed by atoms with Gasteiger partial charge in [0.15, 0.2) is 0 Å². The van der Waals surface area contributed by atoms with E-state index in [1.165, 1.54) is 208 Å². The Hall–Kier alpha value is -19.8. The number of hydrogen-bond acceptors (Lipinski definition) is 5. The molecule has 30 rings (SSSR count). The van der Waals surface area contributed by atoms with Crippen LogP contribution in [0.25, 0.3) is 258 Å². The van der Waals surface area contributed by atoms with Gasteiger partial charge in [-0.3, -0.25) is 14.5 Å². The van der Waals surface area contributed by atoms with Gasteiger partial charge in [0.05, 0.1) is 33.6 Å². The van der Waals surface area contributed by atoms with E-state index in [0.717, 1.165) is 72.8 Å². The van der Waals surface area contributed by atoms with Gasteiger partial charge < -0.3 is 10.2 Å². The first-order valence-corrected chi connectivity index (χ1v) is 51.5. The summed E-state index contributed by atoms with van der Waals surface area (Å²) in [5, 5.41) is 32.2. The summed E-state index contributed by atoms with van der Waals surface area (Å²) in [5.41, 5.74) is 31.3. The van der Waals surface area contributed by atoms with Gasteiger partial charge in [0.1, 0.15) is 12.0 Å². The molecule has 0 radical (unpaired) electrons. The van der Waals surface area contributed by atoms with Crippen molar-refractivity contribution in [2.75, 3.05) is 10.2 Å². The van der Waals surface area contributed by atoms with Crippen LogP contribution in [0.5, 0.6) is 0 Å². The highest BCUT2D eigenvalue weighted by Gasteiger charge is 2.32. The number of nitrogens with one attached hydrogen (secondary N) is 1. The van der Waals surface area contributed by atoms with Gasteiger partial charge in [0.25, 0.3) is 0 Å². The van der Waals surface area contributed by atoms with Crippen LogP contribution >= 0.6 is 0 Å². The van der Waals surface area contributed by atoms with E-state index in [9.17, 15) is 0 Å². The molecule has 4 heterocycles. The molecular weight excluding hydrogens is 1810 g/mol. The molecule has 1 N–H and O–H groups in total. The van der Waals surface area contributed by atoms with E-state index in [2.05, 4.69) is 548 Å². The Morgan fingerprint density at radius 3 is 0.973 bits per heavy atom. The lowest BCUT2D eigenvalue weighted by Crippen LogP contribution is -2.23. The lowest BCUT2D eigenvalue weighted by atomic mass is 9.84. The first-order chi connectivity index (χ1) is 74.4. The summed E-state index contributed by atoms with van der Waals surface area (Å²) >= 11 is 0. The Bertz CT molecular complexity index is 10400. The van der Waals surface area contributed by atoms with E-state index in [4.69, 9.17) is 9.97 Å². The molecule has 0 fully saturated rings. The van der Waals surface area contributed by atoms with Crippen molar-refractivity contribution >= 4 is 157 Å². The molecule has 0 spiro atoms. The van der Waals surface area contributed by atoms with Gasteiger partial charge >= 0.3 is 0 Å². The first-order valence-electron chi connectivity index (χ1n) is 51.5. The predicted octanol–water partition coefficient (Wildman–Crippen LogP) is 39.0. The monoisotopic (exact) mass is 1910 g/mol. The molecule has 29 aromatic rings. The highest BCUT2D eigenvalue weighted by molar-refractivity contribution is 6.26. The highest BCUT2D eigenvalue weighted by atomic mass is 15.3. The van der Waals surface area contributed by atoms with Crippen molar-refractivity contribution in [3.8, 4) is 117 Å². The quantitative estimate of drug-likeness (QED) is 0.117. The molecule has 1 unspecified atom stereocenters. The number of fused-ring (bicyclic) bond motifs is 14. The number of anilines is 3. The Kier molecular flexibility index (Phi) is 21.9. The molecule has 3 aromatic heterocycles. The lowest BCUT2D eigenvalue weighted by molar-refractivity contribution is 0.828. The molecule has 0 saturated heterocycles. The maximum atomic E-state index is 5.25. The number of imidazole rings is 1. The zero-order chi connectivity index (χ0) is 99.1. The molecule has 700 valence electrons. The number of rotatable bonds is 13. The van der Waals surface area contributed by atoms with Crippen molar-refractivity contribution < 1.29 is 0 Å². The number of pyridine rings is 2. The third-order valence-corrected chi connectivity index (χ3v) is 30.4. The molecule has 0 saturated carbocycles.